The number of nitrogens with zero attached hydrogens (tertiary/aromatic N) is 1. The summed E-state index contributed by atoms with van der Waals surface area (Å²) in [5.74, 6) is 0. The van der Waals surface area contributed by atoms with E-state index in [2.05, 4.69) is 36.5 Å². The molecule has 0 saturated carbocycles. The van der Waals surface area contributed by atoms with E-state index in [9.17, 15) is 0 Å². The molecule has 0 bridgehead atoms. The Morgan fingerprint density at radius 1 is 1.08 bits per heavy atom. The maximum absolute atomic E-state index is 4.08. The highest BCUT2D eigenvalue weighted by Gasteiger charge is 1.89. The smallest absolute Gasteiger partial charge is 0.0281 e. The molecule has 0 fully saturated rings. The Hall–Kier alpha value is -0.820. The van der Waals surface area contributed by atoms with Gasteiger partial charge >= 0.3 is 0 Å². The van der Waals surface area contributed by atoms with Crippen molar-refractivity contribution in [2.45, 2.75) is 26.3 Å². The van der Waals surface area contributed by atoms with Crippen molar-refractivity contribution in [1.82, 2.24) is 0 Å². The highest BCUT2D eigenvalue weighted by molar-refractivity contribution is 5.23. The van der Waals surface area contributed by atoms with Crippen LogP contribution in [-0.2, 0) is 13.0 Å². The molecule has 0 spiro atoms. The average molecular weight is 162 g/mol. The number of rotatable bonds is 4. The molecule has 0 aromatic heterocycles. The van der Waals surface area contributed by atoms with E-state index in [1.54, 1.807) is 0 Å². The van der Waals surface area contributed by atoms with Crippen LogP contribution in [-0.4, -0.2) is 7.05 Å². The zero-order valence-corrected chi connectivity index (χ0v) is 7.88. The van der Waals surface area contributed by atoms with Crippen LogP contribution in [0.4, 0.5) is 0 Å². The molecule has 0 radical (unpaired) electrons. The minimum Gasteiger partial charge on any atom is -0.661 e. The van der Waals surface area contributed by atoms with Gasteiger partial charge in [-0.05, 0) is 12.0 Å². The lowest BCUT2D eigenvalue weighted by Crippen LogP contribution is -1.85. The van der Waals surface area contributed by atoms with Crippen molar-refractivity contribution in [3.8, 4) is 0 Å². The minimum atomic E-state index is 0.840. The molecule has 1 rings (SSSR count). The van der Waals surface area contributed by atoms with Gasteiger partial charge in [0.2, 0.25) is 0 Å². The quantitative estimate of drug-likeness (QED) is 0.645. The van der Waals surface area contributed by atoms with E-state index < -0.39 is 0 Å². The van der Waals surface area contributed by atoms with E-state index in [1.807, 2.05) is 7.05 Å². The first kappa shape index (κ1) is 9.27. The second kappa shape index (κ2) is 4.94. The molecule has 0 saturated heterocycles. The van der Waals surface area contributed by atoms with Crippen LogP contribution in [0.2, 0.25) is 0 Å². The van der Waals surface area contributed by atoms with Crippen molar-refractivity contribution in [2.24, 2.45) is 0 Å². The van der Waals surface area contributed by atoms with Gasteiger partial charge in [-0.2, -0.15) is 7.05 Å². The Morgan fingerprint density at radius 2 is 1.67 bits per heavy atom. The third-order valence-corrected chi connectivity index (χ3v) is 1.90. The van der Waals surface area contributed by atoms with Crippen LogP contribution in [0.3, 0.4) is 0 Å². The molecule has 1 nitrogen and oxygen atoms in total. The lowest BCUT2D eigenvalue weighted by atomic mass is 10.1. The number of hydrogen-bond donors (Lipinski definition) is 0. The van der Waals surface area contributed by atoms with E-state index in [0.717, 1.165) is 6.54 Å². The van der Waals surface area contributed by atoms with E-state index in [4.69, 9.17) is 0 Å². The fraction of sp³-hybridized carbons (Fsp3) is 0.455. The highest BCUT2D eigenvalue weighted by Crippen LogP contribution is 2.08. The van der Waals surface area contributed by atoms with E-state index in [0.29, 0.717) is 0 Å². The Labute approximate surface area is 74.8 Å². The van der Waals surface area contributed by atoms with Gasteiger partial charge in [-0.3, -0.25) is 0 Å². The molecule has 0 aliphatic rings. The Bertz CT molecular complexity index is 188. The van der Waals surface area contributed by atoms with Crippen molar-refractivity contribution in [3.05, 3.63) is 40.7 Å². The zero-order chi connectivity index (χ0) is 8.81. The lowest BCUT2D eigenvalue weighted by molar-refractivity contribution is 0.920. The molecule has 12 heavy (non-hydrogen) atoms. The molecule has 0 N–H and O–H groups in total. The summed E-state index contributed by atoms with van der Waals surface area (Å²) in [7, 11) is 1.85. The van der Waals surface area contributed by atoms with Crippen LogP contribution in [0.25, 0.3) is 5.32 Å². The van der Waals surface area contributed by atoms with Crippen molar-refractivity contribution in [3.63, 3.8) is 0 Å². The summed E-state index contributed by atoms with van der Waals surface area (Å²) in [4.78, 5) is 0. The molecule has 0 atom stereocenters. The fourth-order valence-electron chi connectivity index (χ4n) is 1.28. The van der Waals surface area contributed by atoms with Gasteiger partial charge in [-0.25, -0.2) is 0 Å². The van der Waals surface area contributed by atoms with Gasteiger partial charge in [0.25, 0.3) is 0 Å². The summed E-state index contributed by atoms with van der Waals surface area (Å²) in [5, 5.41) is 4.08. The summed E-state index contributed by atoms with van der Waals surface area (Å²) in [6.45, 7) is 3.04. The number of benzene rings is 1. The largest absolute Gasteiger partial charge is 0.661 e. The monoisotopic (exact) mass is 162 g/mol. The van der Waals surface area contributed by atoms with Gasteiger partial charge in [0.15, 0.2) is 0 Å². The fourth-order valence-corrected chi connectivity index (χ4v) is 1.28. The second-order valence-electron chi connectivity index (χ2n) is 3.04. The standard InChI is InChI=1S/C11H16N/c1-3-4-10-5-7-11(8-6-10)9-12-2/h5-8H,3-4,9H2,1-2H3/q-1. The van der Waals surface area contributed by atoms with E-state index in [1.165, 1.54) is 24.0 Å². The molecule has 66 valence electrons. The Morgan fingerprint density at radius 3 is 2.17 bits per heavy atom. The second-order valence-corrected chi connectivity index (χ2v) is 3.04. The number of hydrogen-bond acceptors (Lipinski definition) is 0. The van der Waals surface area contributed by atoms with Crippen LogP contribution >= 0.6 is 0 Å². The lowest BCUT2D eigenvalue weighted by Gasteiger charge is -2.11. The Kier molecular flexibility index (Phi) is 3.81. The van der Waals surface area contributed by atoms with Crippen LogP contribution < -0.4 is 0 Å². The van der Waals surface area contributed by atoms with Gasteiger partial charge in [-0.1, -0.05) is 43.2 Å². The highest BCUT2D eigenvalue weighted by atomic mass is 14.8. The van der Waals surface area contributed by atoms with Crippen LogP contribution in [0.1, 0.15) is 24.5 Å². The van der Waals surface area contributed by atoms with Gasteiger partial charge < -0.3 is 5.32 Å². The van der Waals surface area contributed by atoms with Gasteiger partial charge in [0, 0.05) is 0 Å². The molecular formula is C11H16N-. The third kappa shape index (κ3) is 2.67. The first-order valence-electron chi connectivity index (χ1n) is 4.50. The maximum atomic E-state index is 4.08. The minimum absolute atomic E-state index is 0.840. The predicted molar refractivity (Wildman–Crippen MR) is 53.4 cm³/mol. The molecule has 0 aliphatic heterocycles. The summed E-state index contributed by atoms with van der Waals surface area (Å²) in [6, 6.07) is 8.73. The molecule has 1 aromatic rings. The molecule has 0 aliphatic carbocycles. The SMILES string of the molecule is CCCc1ccc(C[N-]C)cc1. The van der Waals surface area contributed by atoms with Crippen LogP contribution in [0.15, 0.2) is 24.3 Å². The first-order chi connectivity index (χ1) is 5.86. The first-order valence-corrected chi connectivity index (χ1v) is 4.50. The van der Waals surface area contributed by atoms with E-state index in [-0.39, 0.29) is 0 Å². The molecule has 0 amide bonds. The van der Waals surface area contributed by atoms with Gasteiger partial charge in [-0.15, -0.1) is 6.54 Å². The molecule has 0 heterocycles. The summed E-state index contributed by atoms with van der Waals surface area (Å²) in [6.07, 6.45) is 2.40. The zero-order valence-electron chi connectivity index (χ0n) is 7.88. The van der Waals surface area contributed by atoms with E-state index >= 15 is 0 Å². The van der Waals surface area contributed by atoms with Crippen molar-refractivity contribution in [1.29, 1.82) is 0 Å². The summed E-state index contributed by atoms with van der Waals surface area (Å²) < 4.78 is 0. The predicted octanol–water partition coefficient (Wildman–Crippen LogP) is 3.14. The summed E-state index contributed by atoms with van der Waals surface area (Å²) >= 11 is 0. The molecule has 1 heteroatoms. The molecular weight excluding hydrogens is 146 g/mol. The number of aryl methyl sites for hydroxylation is 1. The summed E-state index contributed by atoms with van der Waals surface area (Å²) in [5.41, 5.74) is 2.73. The Balaban J connectivity index is 2.58. The normalized spacial score (nSPS) is 10.2. The van der Waals surface area contributed by atoms with Gasteiger partial charge in [0.05, 0.1) is 0 Å². The van der Waals surface area contributed by atoms with Crippen molar-refractivity contribution in [2.75, 3.05) is 7.05 Å². The molecule has 0 unspecified atom stereocenters. The molecule has 1 aromatic carbocycles. The van der Waals surface area contributed by atoms with Crippen molar-refractivity contribution < 1.29 is 0 Å². The topological polar surface area (TPSA) is 14.1 Å². The van der Waals surface area contributed by atoms with Gasteiger partial charge in [0.1, 0.15) is 0 Å². The van der Waals surface area contributed by atoms with Crippen molar-refractivity contribution >= 4 is 0 Å². The van der Waals surface area contributed by atoms with Crippen LogP contribution in [0, 0.1) is 0 Å². The third-order valence-electron chi connectivity index (χ3n) is 1.90. The average Bonchev–Trinajstić information content (AvgIpc) is 2.09. The van der Waals surface area contributed by atoms with Crippen LogP contribution in [0.5, 0.6) is 0 Å². The maximum Gasteiger partial charge on any atom is -0.0281 e.